The number of nitrogens with one attached hydrogen (secondary N) is 1. The van der Waals surface area contributed by atoms with Gasteiger partial charge in [0.1, 0.15) is 5.75 Å². The number of anilines is 1. The van der Waals surface area contributed by atoms with Crippen molar-refractivity contribution in [2.24, 2.45) is 0 Å². The van der Waals surface area contributed by atoms with E-state index in [1.807, 2.05) is 0 Å². The number of hydrogen-bond donors (Lipinski definition) is 2. The number of halogens is 3. The van der Waals surface area contributed by atoms with Crippen LogP contribution in [0.4, 0.5) is 23.7 Å². The zero-order chi connectivity index (χ0) is 20.3. The summed E-state index contributed by atoms with van der Waals surface area (Å²) in [5.41, 5.74) is -1.07. The van der Waals surface area contributed by atoms with E-state index in [1.165, 1.54) is 40.1 Å². The summed E-state index contributed by atoms with van der Waals surface area (Å²) in [6.07, 6.45) is -4.58. The van der Waals surface area contributed by atoms with Crippen LogP contribution in [0, 0.1) is 0 Å². The van der Waals surface area contributed by atoms with Crippen molar-refractivity contribution < 1.29 is 27.9 Å². The number of phenolic OH excluding ortho intramolecular Hbond substituents is 1. The summed E-state index contributed by atoms with van der Waals surface area (Å²) in [5.74, 6) is -0.489. The minimum absolute atomic E-state index is 0.128. The summed E-state index contributed by atoms with van der Waals surface area (Å²) in [4.78, 5) is 27.7. The van der Waals surface area contributed by atoms with E-state index in [0.29, 0.717) is 0 Å². The van der Waals surface area contributed by atoms with Crippen molar-refractivity contribution in [3.8, 4) is 5.75 Å². The third-order valence-electron chi connectivity index (χ3n) is 4.46. The molecule has 3 rings (SSSR count). The topological polar surface area (TPSA) is 72.9 Å². The summed E-state index contributed by atoms with van der Waals surface area (Å²) in [7, 11) is 0. The number of carbonyl (C=O) groups is 2. The quantitative estimate of drug-likeness (QED) is 0.822. The third-order valence-corrected chi connectivity index (χ3v) is 4.46. The Kier molecular flexibility index (Phi) is 5.43. The second kappa shape index (κ2) is 7.79. The molecule has 0 aliphatic carbocycles. The van der Waals surface area contributed by atoms with Gasteiger partial charge in [0, 0.05) is 26.2 Å². The number of aromatic hydroxyl groups is 1. The number of amides is 3. The highest BCUT2D eigenvalue weighted by molar-refractivity contribution is 5.97. The number of urea groups is 1. The van der Waals surface area contributed by atoms with Gasteiger partial charge in [-0.3, -0.25) is 4.79 Å². The molecule has 0 atom stereocenters. The number of alkyl halides is 3. The second-order valence-electron chi connectivity index (χ2n) is 6.27. The fraction of sp³-hybridized carbons (Fsp3) is 0.263. The van der Waals surface area contributed by atoms with Gasteiger partial charge >= 0.3 is 12.2 Å². The summed E-state index contributed by atoms with van der Waals surface area (Å²) in [5, 5.41) is 12.1. The van der Waals surface area contributed by atoms with Crippen LogP contribution in [0.5, 0.6) is 5.75 Å². The fourth-order valence-corrected chi connectivity index (χ4v) is 2.97. The molecule has 0 aromatic heterocycles. The van der Waals surface area contributed by atoms with Gasteiger partial charge in [-0.2, -0.15) is 13.2 Å². The Bertz CT molecular complexity index is 878. The predicted molar refractivity (Wildman–Crippen MR) is 96.0 cm³/mol. The molecule has 1 heterocycles. The molecule has 1 aliphatic heterocycles. The summed E-state index contributed by atoms with van der Waals surface area (Å²) < 4.78 is 39.1. The zero-order valence-electron chi connectivity index (χ0n) is 14.7. The van der Waals surface area contributed by atoms with Gasteiger partial charge in [-0.25, -0.2) is 4.79 Å². The lowest BCUT2D eigenvalue weighted by molar-refractivity contribution is -0.136. The van der Waals surface area contributed by atoms with Crippen molar-refractivity contribution in [1.29, 1.82) is 0 Å². The summed E-state index contributed by atoms with van der Waals surface area (Å²) in [6, 6.07) is 10.3. The van der Waals surface area contributed by atoms with Gasteiger partial charge in [0.25, 0.3) is 5.91 Å². The first kappa shape index (κ1) is 19.5. The first-order valence-electron chi connectivity index (χ1n) is 8.57. The van der Waals surface area contributed by atoms with Gasteiger partial charge in [0.15, 0.2) is 0 Å². The van der Waals surface area contributed by atoms with Crippen LogP contribution in [0.15, 0.2) is 48.5 Å². The van der Waals surface area contributed by atoms with Gasteiger partial charge in [-0.15, -0.1) is 0 Å². The van der Waals surface area contributed by atoms with E-state index in [0.717, 1.165) is 6.07 Å². The maximum atomic E-state index is 13.0. The molecule has 1 saturated heterocycles. The van der Waals surface area contributed by atoms with E-state index in [4.69, 9.17) is 0 Å². The van der Waals surface area contributed by atoms with E-state index in [9.17, 15) is 27.9 Å². The highest BCUT2D eigenvalue weighted by Crippen LogP contribution is 2.34. The van der Waals surface area contributed by atoms with Gasteiger partial charge < -0.3 is 20.2 Å². The van der Waals surface area contributed by atoms with Crippen molar-refractivity contribution in [2.45, 2.75) is 6.18 Å². The number of piperazine rings is 1. The van der Waals surface area contributed by atoms with Gasteiger partial charge in [-0.1, -0.05) is 24.3 Å². The highest BCUT2D eigenvalue weighted by Gasteiger charge is 2.34. The smallest absolute Gasteiger partial charge is 0.418 e. The van der Waals surface area contributed by atoms with Crippen LogP contribution < -0.4 is 5.32 Å². The first-order valence-corrected chi connectivity index (χ1v) is 8.57. The Labute approximate surface area is 159 Å². The van der Waals surface area contributed by atoms with E-state index >= 15 is 0 Å². The largest absolute Gasteiger partial charge is 0.507 e. The fourth-order valence-electron chi connectivity index (χ4n) is 2.97. The molecule has 1 aliphatic rings. The molecule has 0 spiro atoms. The zero-order valence-corrected chi connectivity index (χ0v) is 14.7. The lowest BCUT2D eigenvalue weighted by Crippen LogP contribution is -2.51. The van der Waals surface area contributed by atoms with Gasteiger partial charge in [0.2, 0.25) is 0 Å². The van der Waals surface area contributed by atoms with Crippen molar-refractivity contribution in [3.63, 3.8) is 0 Å². The normalized spacial score (nSPS) is 14.7. The lowest BCUT2D eigenvalue weighted by Gasteiger charge is -2.35. The molecule has 0 saturated carbocycles. The number of hydrogen-bond acceptors (Lipinski definition) is 3. The van der Waals surface area contributed by atoms with Crippen LogP contribution in [0.25, 0.3) is 0 Å². The molecule has 148 valence electrons. The Morgan fingerprint density at radius 2 is 1.46 bits per heavy atom. The van der Waals surface area contributed by atoms with E-state index in [1.54, 1.807) is 12.1 Å². The number of phenols is 1. The monoisotopic (exact) mass is 393 g/mol. The first-order chi connectivity index (χ1) is 13.3. The Balaban J connectivity index is 1.62. The number of para-hydroxylation sites is 2. The van der Waals surface area contributed by atoms with Crippen molar-refractivity contribution in [1.82, 2.24) is 9.80 Å². The van der Waals surface area contributed by atoms with Crippen LogP contribution in [0.3, 0.4) is 0 Å². The number of rotatable bonds is 2. The highest BCUT2D eigenvalue weighted by atomic mass is 19.4. The number of nitrogens with zero attached hydrogens (tertiary/aromatic N) is 2. The Morgan fingerprint density at radius 3 is 2.11 bits per heavy atom. The van der Waals surface area contributed by atoms with Gasteiger partial charge in [-0.05, 0) is 24.3 Å². The van der Waals surface area contributed by atoms with E-state index in [2.05, 4.69) is 5.32 Å². The SMILES string of the molecule is O=C(Nc1ccccc1C(F)(F)F)N1CCN(C(=O)c2ccccc2O)CC1. The van der Waals surface area contributed by atoms with E-state index < -0.39 is 17.8 Å². The molecule has 28 heavy (non-hydrogen) atoms. The predicted octanol–water partition coefficient (Wildman–Crippen LogP) is 3.40. The molecule has 3 amide bonds. The molecular weight excluding hydrogens is 375 g/mol. The molecule has 9 heteroatoms. The standard InChI is InChI=1S/C19H18F3N3O3/c20-19(21,22)14-6-2-3-7-15(14)23-18(28)25-11-9-24(10-12-25)17(27)13-5-1-4-8-16(13)26/h1-8,26H,9-12H2,(H,23,28). The van der Waals surface area contributed by atoms with Crippen LogP contribution in [-0.4, -0.2) is 53.0 Å². The molecule has 2 aromatic rings. The summed E-state index contributed by atoms with van der Waals surface area (Å²) in [6.45, 7) is 0.752. The number of carbonyl (C=O) groups excluding carboxylic acids is 2. The van der Waals surface area contributed by atoms with Crippen LogP contribution in [-0.2, 0) is 6.18 Å². The molecule has 0 unspecified atom stereocenters. The maximum Gasteiger partial charge on any atom is 0.418 e. The second-order valence-corrected chi connectivity index (χ2v) is 6.27. The van der Waals surface area contributed by atoms with Crippen LogP contribution in [0.2, 0.25) is 0 Å². The molecule has 1 fully saturated rings. The Hall–Kier alpha value is -3.23. The minimum Gasteiger partial charge on any atom is -0.507 e. The minimum atomic E-state index is -4.58. The van der Waals surface area contributed by atoms with Crippen molar-refractivity contribution in [2.75, 3.05) is 31.5 Å². The Morgan fingerprint density at radius 1 is 0.893 bits per heavy atom. The molecule has 2 N–H and O–H groups in total. The average Bonchev–Trinajstić information content (AvgIpc) is 2.67. The lowest BCUT2D eigenvalue weighted by atomic mass is 10.1. The molecule has 0 radical (unpaired) electrons. The number of benzene rings is 2. The van der Waals surface area contributed by atoms with E-state index in [-0.39, 0.29) is 49.1 Å². The van der Waals surface area contributed by atoms with Crippen LogP contribution >= 0.6 is 0 Å². The van der Waals surface area contributed by atoms with Crippen LogP contribution in [0.1, 0.15) is 15.9 Å². The molecule has 0 bridgehead atoms. The molecule has 6 nitrogen and oxygen atoms in total. The van der Waals surface area contributed by atoms with Crippen molar-refractivity contribution >= 4 is 17.6 Å². The third kappa shape index (κ3) is 4.19. The molecular formula is C19H18F3N3O3. The summed E-state index contributed by atoms with van der Waals surface area (Å²) >= 11 is 0. The maximum absolute atomic E-state index is 13.0. The average molecular weight is 393 g/mol. The molecule has 2 aromatic carbocycles. The van der Waals surface area contributed by atoms with Crippen molar-refractivity contribution in [3.05, 3.63) is 59.7 Å². The van der Waals surface area contributed by atoms with Gasteiger partial charge in [0.05, 0.1) is 16.8 Å².